The second kappa shape index (κ2) is 14.4. The van der Waals surface area contributed by atoms with Gasteiger partial charge >= 0.3 is 0 Å². The van der Waals surface area contributed by atoms with Crippen LogP contribution < -0.4 is 0 Å². The van der Waals surface area contributed by atoms with E-state index in [1.807, 2.05) is 80.6 Å². The van der Waals surface area contributed by atoms with E-state index in [-0.39, 0.29) is 0 Å². The summed E-state index contributed by atoms with van der Waals surface area (Å²) in [7, 11) is 0. The largest absolute Gasteiger partial charge is 0.508 e. The van der Waals surface area contributed by atoms with E-state index in [0.29, 0.717) is 12.4 Å². The minimum Gasteiger partial charge on any atom is -0.508 e. The Morgan fingerprint density at radius 1 is 0.510 bits per heavy atom. The molecule has 1 fully saturated rings. The fraction of sp³-hybridized carbons (Fsp3) is 0.149. The first-order chi connectivity index (χ1) is 24.7. The van der Waals surface area contributed by atoms with Crippen LogP contribution in [0.25, 0.3) is 43.1 Å². The topological polar surface area (TPSA) is 58.9 Å². The van der Waals surface area contributed by atoms with Crippen molar-refractivity contribution in [3.63, 3.8) is 0 Å². The van der Waals surface area contributed by atoms with E-state index in [9.17, 15) is 5.11 Å². The zero-order chi connectivity index (χ0) is 35.4. The van der Waals surface area contributed by atoms with Gasteiger partial charge in [0, 0.05) is 0 Å². The first-order valence-corrected chi connectivity index (χ1v) is 17.3. The number of benzene rings is 8. The van der Waals surface area contributed by atoms with Gasteiger partial charge in [0.2, 0.25) is 0 Å². The molecule has 1 atom stereocenters. The molecule has 1 unspecified atom stereocenters. The van der Waals surface area contributed by atoms with Gasteiger partial charge in [-0.15, -0.1) is 0 Å². The Bertz CT molecular complexity index is 2290. The van der Waals surface area contributed by atoms with Crippen molar-refractivity contribution in [2.75, 3.05) is 6.61 Å². The summed E-state index contributed by atoms with van der Waals surface area (Å²) < 4.78 is 12.0. The van der Waals surface area contributed by atoms with Crippen LogP contribution in [0, 0.1) is 6.92 Å². The Kier molecular flexibility index (Phi) is 9.57. The molecule has 4 nitrogen and oxygen atoms in total. The van der Waals surface area contributed by atoms with E-state index in [0.717, 1.165) is 43.4 Å². The lowest BCUT2D eigenvalue weighted by molar-refractivity contribution is -0.164. The van der Waals surface area contributed by atoms with Crippen molar-refractivity contribution in [3.05, 3.63) is 187 Å². The molecule has 254 valence electrons. The van der Waals surface area contributed by atoms with E-state index >= 15 is 0 Å². The number of ether oxygens (including phenoxy) is 2. The zero-order valence-electron chi connectivity index (χ0n) is 29.2. The maximum Gasteiger partial charge on any atom is 0.163 e. The van der Waals surface area contributed by atoms with Crippen LogP contribution in [-0.2, 0) is 15.1 Å². The maximum atomic E-state index is 12.2. The number of fused-ring (bicyclic) bond motifs is 4. The molecule has 0 saturated carbocycles. The van der Waals surface area contributed by atoms with Crippen molar-refractivity contribution >= 4 is 43.1 Å². The van der Waals surface area contributed by atoms with Crippen LogP contribution in [0.5, 0.6) is 5.75 Å². The highest BCUT2D eigenvalue weighted by atomic mass is 16.7. The van der Waals surface area contributed by atoms with Crippen LogP contribution in [0.4, 0.5) is 0 Å². The molecule has 4 heteroatoms. The molecule has 2 N–H and O–H groups in total. The second-order valence-electron chi connectivity index (χ2n) is 13.6. The zero-order valence-corrected chi connectivity index (χ0v) is 29.2. The van der Waals surface area contributed by atoms with Gasteiger partial charge in [-0.05, 0) is 99.3 Å². The van der Waals surface area contributed by atoms with Crippen LogP contribution in [0.3, 0.4) is 0 Å². The number of aromatic hydroxyl groups is 1. The summed E-state index contributed by atoms with van der Waals surface area (Å²) in [5.74, 6) is -0.407. The highest BCUT2D eigenvalue weighted by Crippen LogP contribution is 2.42. The lowest BCUT2D eigenvalue weighted by atomic mass is 9.80. The minimum absolute atomic E-state index is 0.323. The summed E-state index contributed by atoms with van der Waals surface area (Å²) in [6.07, 6.45) is -0.514. The molecule has 1 saturated heterocycles. The average molecular weight is 671 g/mol. The van der Waals surface area contributed by atoms with Crippen molar-refractivity contribution < 1.29 is 19.7 Å². The van der Waals surface area contributed by atoms with Crippen molar-refractivity contribution in [2.45, 2.75) is 38.3 Å². The quantitative estimate of drug-likeness (QED) is 0.196. The van der Waals surface area contributed by atoms with Gasteiger partial charge in [0.05, 0.1) is 6.61 Å². The second-order valence-corrected chi connectivity index (χ2v) is 13.6. The molecule has 9 rings (SSSR count). The van der Waals surface area contributed by atoms with Crippen molar-refractivity contribution in [1.82, 2.24) is 0 Å². The molecule has 0 radical (unpaired) electrons. The third-order valence-electron chi connectivity index (χ3n) is 9.49. The molecule has 0 aromatic heterocycles. The van der Waals surface area contributed by atoms with Gasteiger partial charge in [-0.3, -0.25) is 0 Å². The van der Waals surface area contributed by atoms with Crippen molar-refractivity contribution in [3.8, 4) is 5.75 Å². The fourth-order valence-corrected chi connectivity index (χ4v) is 6.77. The van der Waals surface area contributed by atoms with Gasteiger partial charge in [-0.2, -0.15) is 0 Å². The van der Waals surface area contributed by atoms with E-state index in [4.69, 9.17) is 14.6 Å². The Morgan fingerprint density at radius 2 is 0.902 bits per heavy atom. The molecule has 0 bridgehead atoms. The predicted octanol–water partition coefficient (Wildman–Crippen LogP) is 11.1. The predicted molar refractivity (Wildman–Crippen MR) is 210 cm³/mol. The van der Waals surface area contributed by atoms with Crippen LogP contribution in [-0.4, -0.2) is 28.7 Å². The van der Waals surface area contributed by atoms with Gasteiger partial charge in [0.15, 0.2) is 5.79 Å². The van der Waals surface area contributed by atoms with Crippen molar-refractivity contribution in [1.29, 1.82) is 0 Å². The van der Waals surface area contributed by atoms with Crippen LogP contribution >= 0.6 is 0 Å². The highest BCUT2D eigenvalue weighted by Gasteiger charge is 2.48. The van der Waals surface area contributed by atoms with Gasteiger partial charge in [0.25, 0.3) is 0 Å². The van der Waals surface area contributed by atoms with E-state index in [2.05, 4.69) is 97.9 Å². The summed E-state index contributed by atoms with van der Waals surface area (Å²) in [5, 5.41) is 30.7. The number of phenols is 1. The summed E-state index contributed by atoms with van der Waals surface area (Å²) in [6, 6.07) is 56.8. The molecule has 0 spiro atoms. The van der Waals surface area contributed by atoms with Gasteiger partial charge in [-0.25, -0.2) is 0 Å². The molecule has 1 heterocycles. The monoisotopic (exact) mass is 670 g/mol. The number of rotatable bonds is 3. The molecule has 51 heavy (non-hydrogen) atoms. The summed E-state index contributed by atoms with van der Waals surface area (Å²) in [4.78, 5) is 0. The Hall–Kier alpha value is -5.52. The van der Waals surface area contributed by atoms with Crippen LogP contribution in [0.2, 0.25) is 0 Å². The molecule has 1 aliphatic rings. The SMILES string of the molecule is CC1(C)OCC(C(O)(c2ccc3ccccc3c2)c2ccc3ccccc3c2)O1.Cc1ccc2ccccc2c1.Oc1ccc2ccccc2c1. The molecule has 8 aromatic rings. The van der Waals surface area contributed by atoms with Crippen LogP contribution in [0.1, 0.15) is 30.5 Å². The molecular weight excluding hydrogens is 629 g/mol. The maximum absolute atomic E-state index is 12.2. The van der Waals surface area contributed by atoms with Gasteiger partial charge < -0.3 is 19.7 Å². The van der Waals surface area contributed by atoms with Crippen LogP contribution in [0.15, 0.2) is 170 Å². The summed E-state index contributed by atoms with van der Waals surface area (Å²) in [6.45, 7) is 6.21. The minimum atomic E-state index is -1.33. The van der Waals surface area contributed by atoms with Gasteiger partial charge in [-0.1, -0.05) is 151 Å². The molecule has 0 amide bonds. The van der Waals surface area contributed by atoms with E-state index in [1.165, 1.54) is 16.3 Å². The normalized spacial score (nSPS) is 15.3. The van der Waals surface area contributed by atoms with Gasteiger partial charge in [0.1, 0.15) is 17.5 Å². The Balaban J connectivity index is 0.000000150. The first-order valence-electron chi connectivity index (χ1n) is 17.3. The first kappa shape index (κ1) is 34.0. The number of hydrogen-bond donors (Lipinski definition) is 2. The Labute approximate surface area is 299 Å². The Morgan fingerprint density at radius 3 is 1.35 bits per heavy atom. The average Bonchev–Trinajstić information content (AvgIpc) is 3.54. The summed E-state index contributed by atoms with van der Waals surface area (Å²) >= 11 is 0. The molecule has 1 aliphatic heterocycles. The standard InChI is InChI=1S/C26H24O3.C11H10.C10H8O/c1-25(2)28-17-24(29-25)26(27,22-13-11-18-7-3-5-9-20(18)15-22)23-14-12-19-8-4-6-10-21(19)16-23;1-9-6-7-10-4-2-3-5-11(10)8-9;11-10-6-5-8-3-1-2-4-9(8)7-10/h3-16,24,27H,17H2,1-2H3;2-8H,1H3;1-7,11H. The van der Waals surface area contributed by atoms with Crippen molar-refractivity contribution in [2.24, 2.45) is 0 Å². The number of hydrogen-bond acceptors (Lipinski definition) is 4. The number of aliphatic hydroxyl groups is 1. The molecular formula is C47H42O4. The smallest absolute Gasteiger partial charge is 0.163 e. The lowest BCUT2D eigenvalue weighted by Gasteiger charge is -2.35. The third kappa shape index (κ3) is 7.50. The summed E-state index contributed by atoms with van der Waals surface area (Å²) in [5.41, 5.74) is 1.60. The highest BCUT2D eigenvalue weighted by molar-refractivity contribution is 5.86. The number of phenolic OH excluding ortho intramolecular Hbond substituents is 1. The molecule has 8 aromatic carbocycles. The third-order valence-corrected chi connectivity index (χ3v) is 9.49. The lowest BCUT2D eigenvalue weighted by Crippen LogP contribution is -2.43. The fourth-order valence-electron chi connectivity index (χ4n) is 6.77. The van der Waals surface area contributed by atoms with E-state index in [1.54, 1.807) is 12.1 Å². The molecule has 0 aliphatic carbocycles. The van der Waals surface area contributed by atoms with E-state index < -0.39 is 17.5 Å². The number of aryl methyl sites for hydroxylation is 1.